The molecule has 0 unspecified atom stereocenters. The van der Waals surface area contributed by atoms with E-state index in [1.165, 1.54) is 4.31 Å². The van der Waals surface area contributed by atoms with Crippen molar-refractivity contribution in [3.05, 3.63) is 29.3 Å². The van der Waals surface area contributed by atoms with Gasteiger partial charge in [-0.3, -0.25) is 4.99 Å². The van der Waals surface area contributed by atoms with Crippen molar-refractivity contribution >= 4 is 16.0 Å². The van der Waals surface area contributed by atoms with Crippen LogP contribution in [0.1, 0.15) is 24.0 Å². The smallest absolute Gasteiger partial charge is 0.266 e. The Balaban J connectivity index is 1.93. The van der Waals surface area contributed by atoms with Crippen molar-refractivity contribution in [2.24, 2.45) is 4.99 Å². The number of hydrogen-bond donors (Lipinski definition) is 0. The van der Waals surface area contributed by atoms with Gasteiger partial charge in [0.1, 0.15) is 0 Å². The molecule has 2 heterocycles. The van der Waals surface area contributed by atoms with Crippen molar-refractivity contribution in [2.45, 2.75) is 31.6 Å². The van der Waals surface area contributed by atoms with Gasteiger partial charge in [-0.2, -0.15) is 0 Å². The maximum atomic E-state index is 12.9. The van der Waals surface area contributed by atoms with Crippen molar-refractivity contribution in [3.63, 3.8) is 0 Å². The van der Waals surface area contributed by atoms with Crippen LogP contribution in [0, 0.1) is 13.8 Å². The molecule has 1 aromatic rings. The normalized spacial score (nSPS) is 19.2. The Morgan fingerprint density at radius 2 is 1.76 bits per heavy atom. The monoisotopic (exact) mass is 307 g/mol. The second kappa shape index (κ2) is 5.33. The van der Waals surface area contributed by atoms with Gasteiger partial charge < -0.3 is 4.90 Å². The average molecular weight is 307 g/mol. The van der Waals surface area contributed by atoms with Gasteiger partial charge in [0.15, 0.2) is 0 Å². The fourth-order valence-corrected chi connectivity index (χ4v) is 4.35. The van der Waals surface area contributed by atoms with Gasteiger partial charge in [-0.1, -0.05) is 6.07 Å². The van der Waals surface area contributed by atoms with Gasteiger partial charge in [-0.15, -0.1) is 0 Å². The second-order valence-corrected chi connectivity index (χ2v) is 7.56. The lowest BCUT2D eigenvalue weighted by atomic mass is 10.1. The van der Waals surface area contributed by atoms with E-state index in [2.05, 4.69) is 9.89 Å². The van der Waals surface area contributed by atoms with Gasteiger partial charge in [-0.25, -0.2) is 12.7 Å². The molecule has 114 valence electrons. The summed E-state index contributed by atoms with van der Waals surface area (Å²) in [7, 11) is -3.50. The maximum Gasteiger partial charge on any atom is 0.266 e. The molecule has 0 saturated carbocycles. The van der Waals surface area contributed by atoms with Crippen LogP contribution in [0.15, 0.2) is 28.1 Å². The van der Waals surface area contributed by atoms with E-state index in [1.54, 1.807) is 12.1 Å². The van der Waals surface area contributed by atoms with Crippen LogP contribution in [0.2, 0.25) is 0 Å². The first-order chi connectivity index (χ1) is 10.00. The molecule has 0 spiro atoms. The topological polar surface area (TPSA) is 53.0 Å². The zero-order chi connectivity index (χ0) is 15.0. The van der Waals surface area contributed by atoms with E-state index in [1.807, 2.05) is 19.9 Å². The number of benzene rings is 1. The van der Waals surface area contributed by atoms with Crippen molar-refractivity contribution in [1.29, 1.82) is 0 Å². The third-order valence-corrected chi connectivity index (χ3v) is 6.01. The third-order valence-electron chi connectivity index (χ3n) is 4.23. The van der Waals surface area contributed by atoms with Gasteiger partial charge in [0.25, 0.3) is 10.0 Å². The van der Waals surface area contributed by atoms with E-state index in [9.17, 15) is 8.42 Å². The largest absolute Gasteiger partial charge is 0.342 e. The molecule has 1 aromatic carbocycles. The molecule has 21 heavy (non-hydrogen) atoms. The molecule has 3 rings (SSSR count). The molecular weight excluding hydrogens is 286 g/mol. The SMILES string of the molecule is Cc1ccc(S(=O)(=O)N2CCN=C2N2CCCC2)cc1C. The van der Waals surface area contributed by atoms with Crippen LogP contribution in [-0.2, 0) is 10.0 Å². The van der Waals surface area contributed by atoms with Crippen molar-refractivity contribution < 1.29 is 8.42 Å². The molecular formula is C15H21N3O2S. The molecule has 0 amide bonds. The standard InChI is InChI=1S/C15H21N3O2S/c1-12-5-6-14(11-13(12)2)21(19,20)18-10-7-16-15(18)17-8-3-4-9-17/h5-6,11H,3-4,7-10H2,1-2H3. The Morgan fingerprint density at radius 1 is 1.05 bits per heavy atom. The molecule has 5 nitrogen and oxygen atoms in total. The number of guanidine groups is 1. The zero-order valence-electron chi connectivity index (χ0n) is 12.5. The van der Waals surface area contributed by atoms with Gasteiger partial charge in [0.05, 0.1) is 18.0 Å². The Labute approximate surface area is 126 Å². The lowest BCUT2D eigenvalue weighted by molar-refractivity contribution is 0.452. The molecule has 1 saturated heterocycles. The summed E-state index contributed by atoms with van der Waals surface area (Å²) in [5.41, 5.74) is 2.10. The summed E-state index contributed by atoms with van der Waals surface area (Å²) >= 11 is 0. The first-order valence-electron chi connectivity index (χ1n) is 7.39. The maximum absolute atomic E-state index is 12.9. The van der Waals surface area contributed by atoms with Crippen LogP contribution in [0.25, 0.3) is 0 Å². The number of sulfonamides is 1. The summed E-state index contributed by atoms with van der Waals surface area (Å²) in [6, 6.07) is 5.31. The molecule has 0 aromatic heterocycles. The van der Waals surface area contributed by atoms with Crippen LogP contribution >= 0.6 is 0 Å². The summed E-state index contributed by atoms with van der Waals surface area (Å²) < 4.78 is 27.2. The summed E-state index contributed by atoms with van der Waals surface area (Å²) in [4.78, 5) is 6.87. The third kappa shape index (κ3) is 2.52. The van der Waals surface area contributed by atoms with Crippen LogP contribution in [0.4, 0.5) is 0 Å². The summed E-state index contributed by atoms with van der Waals surface area (Å²) in [6.45, 7) is 6.72. The second-order valence-electron chi connectivity index (χ2n) is 5.70. The van der Waals surface area contributed by atoms with E-state index >= 15 is 0 Å². The van der Waals surface area contributed by atoms with Gasteiger partial charge in [0.2, 0.25) is 5.96 Å². The molecule has 1 fully saturated rings. The number of likely N-dealkylation sites (tertiary alicyclic amines) is 1. The van der Waals surface area contributed by atoms with E-state index in [0.717, 1.165) is 37.1 Å². The van der Waals surface area contributed by atoms with Crippen LogP contribution in [-0.4, -0.2) is 49.8 Å². The summed E-state index contributed by atoms with van der Waals surface area (Å²) in [5, 5.41) is 0. The van der Waals surface area contributed by atoms with Crippen LogP contribution in [0.5, 0.6) is 0 Å². The van der Waals surface area contributed by atoms with E-state index in [4.69, 9.17) is 0 Å². The van der Waals surface area contributed by atoms with E-state index in [-0.39, 0.29) is 0 Å². The van der Waals surface area contributed by atoms with Crippen LogP contribution in [0.3, 0.4) is 0 Å². The summed E-state index contributed by atoms with van der Waals surface area (Å²) in [5.74, 6) is 0.630. The lowest BCUT2D eigenvalue weighted by Gasteiger charge is -2.27. The Hall–Kier alpha value is -1.56. The van der Waals surface area contributed by atoms with Crippen molar-refractivity contribution in [1.82, 2.24) is 9.21 Å². The molecule has 0 radical (unpaired) electrons. The fraction of sp³-hybridized carbons (Fsp3) is 0.533. The minimum absolute atomic E-state index is 0.361. The zero-order valence-corrected chi connectivity index (χ0v) is 13.4. The number of aliphatic imine (C=N–C) groups is 1. The van der Waals surface area contributed by atoms with E-state index in [0.29, 0.717) is 23.9 Å². The molecule has 0 atom stereocenters. The fourth-order valence-electron chi connectivity index (χ4n) is 2.82. The Morgan fingerprint density at radius 3 is 2.43 bits per heavy atom. The van der Waals surface area contributed by atoms with Crippen molar-refractivity contribution in [3.8, 4) is 0 Å². The molecule has 2 aliphatic heterocycles. The number of hydrogen-bond acceptors (Lipinski definition) is 4. The first kappa shape index (κ1) is 14.4. The van der Waals surface area contributed by atoms with Crippen LogP contribution < -0.4 is 0 Å². The summed E-state index contributed by atoms with van der Waals surface area (Å²) in [6.07, 6.45) is 2.22. The highest BCUT2D eigenvalue weighted by molar-refractivity contribution is 7.89. The average Bonchev–Trinajstić information content (AvgIpc) is 3.11. The van der Waals surface area contributed by atoms with Gasteiger partial charge in [0, 0.05) is 13.1 Å². The molecule has 6 heteroatoms. The first-order valence-corrected chi connectivity index (χ1v) is 8.83. The number of nitrogens with zero attached hydrogens (tertiary/aromatic N) is 3. The Bertz CT molecular complexity index is 676. The number of rotatable bonds is 2. The quantitative estimate of drug-likeness (QED) is 0.836. The highest BCUT2D eigenvalue weighted by Crippen LogP contribution is 2.23. The molecule has 0 bridgehead atoms. The predicted molar refractivity (Wildman–Crippen MR) is 82.9 cm³/mol. The predicted octanol–water partition coefficient (Wildman–Crippen LogP) is 1.76. The minimum Gasteiger partial charge on any atom is -0.342 e. The highest BCUT2D eigenvalue weighted by Gasteiger charge is 2.34. The van der Waals surface area contributed by atoms with E-state index < -0.39 is 10.0 Å². The lowest BCUT2D eigenvalue weighted by Crippen LogP contribution is -2.43. The van der Waals surface area contributed by atoms with Gasteiger partial charge in [-0.05, 0) is 49.9 Å². The van der Waals surface area contributed by atoms with Gasteiger partial charge >= 0.3 is 0 Å². The molecule has 0 N–H and O–H groups in total. The molecule has 0 aliphatic carbocycles. The molecule has 2 aliphatic rings. The Kier molecular flexibility index (Phi) is 3.65. The van der Waals surface area contributed by atoms with Crippen molar-refractivity contribution in [2.75, 3.05) is 26.2 Å². The highest BCUT2D eigenvalue weighted by atomic mass is 32.2. The minimum atomic E-state index is -3.50. The number of aryl methyl sites for hydroxylation is 2.